The quantitative estimate of drug-likeness (QED) is 0.0248. The average molecular weight is 1170 g/mol. The van der Waals surface area contributed by atoms with Crippen molar-refractivity contribution < 1.29 is 25.9 Å². The summed E-state index contributed by atoms with van der Waals surface area (Å²) in [5, 5.41) is 4.16. The summed E-state index contributed by atoms with van der Waals surface area (Å²) in [6, 6.07) is 19.2. The van der Waals surface area contributed by atoms with Crippen molar-refractivity contribution in [1.29, 1.82) is 0 Å². The first-order chi connectivity index (χ1) is 35.0. The fourth-order valence-corrected chi connectivity index (χ4v) is 12.4. The Morgan fingerprint density at radius 1 is 0.301 bits per heavy atom. The van der Waals surface area contributed by atoms with Crippen molar-refractivity contribution >= 4 is 90.7 Å². The van der Waals surface area contributed by atoms with Gasteiger partial charge in [0.25, 0.3) is 0 Å². The van der Waals surface area contributed by atoms with Crippen LogP contribution in [0.25, 0.3) is 21.5 Å². The van der Waals surface area contributed by atoms with E-state index in [1.807, 2.05) is 12.1 Å². The smallest absolute Gasteiger partial charge is 0.744 e. The number of hydrogen-bond acceptors (Lipinski definition) is 6. The largest absolute Gasteiger partial charge is 2.00 e. The first-order valence-electron chi connectivity index (χ1n) is 30.0. The Bertz CT molecular complexity index is 2100. The zero-order valence-corrected chi connectivity index (χ0v) is 53.1. The predicted molar refractivity (Wildman–Crippen MR) is 313 cm³/mol. The van der Waals surface area contributed by atoms with Gasteiger partial charge in [0.05, 0.1) is 9.79 Å². The van der Waals surface area contributed by atoms with E-state index in [0.29, 0.717) is 12.8 Å². The van der Waals surface area contributed by atoms with Crippen molar-refractivity contribution in [3.63, 3.8) is 0 Å². The molecule has 0 N–H and O–H groups in total. The molecule has 0 fully saturated rings. The zero-order chi connectivity index (χ0) is 52.1. The van der Waals surface area contributed by atoms with E-state index in [4.69, 9.17) is 0 Å². The Kier molecular flexibility index (Phi) is 38.9. The minimum atomic E-state index is -4.49. The monoisotopic (exact) mass is 1170 g/mol. The molecule has 0 saturated carbocycles. The van der Waals surface area contributed by atoms with Crippen LogP contribution in [0.2, 0.25) is 0 Å². The van der Waals surface area contributed by atoms with Crippen LogP contribution in [-0.4, -0.2) is 74.8 Å². The fraction of sp³-hybridized carbons (Fsp3) is 0.688. The van der Waals surface area contributed by atoms with Gasteiger partial charge >= 0.3 is 48.9 Å². The number of aryl methyl sites for hydroxylation is 4. The summed E-state index contributed by atoms with van der Waals surface area (Å²) < 4.78 is 72.8. The van der Waals surface area contributed by atoms with E-state index in [-0.39, 0.29) is 58.7 Å². The van der Waals surface area contributed by atoms with Gasteiger partial charge in [0.15, 0.2) is 0 Å². The van der Waals surface area contributed by atoms with Crippen LogP contribution >= 0.6 is 0 Å². The van der Waals surface area contributed by atoms with Crippen LogP contribution in [0.4, 0.5) is 0 Å². The van der Waals surface area contributed by atoms with Crippen molar-refractivity contribution in [3.8, 4) is 0 Å². The molecule has 0 bridgehead atoms. The second kappa shape index (κ2) is 41.8. The third-order valence-corrected chi connectivity index (χ3v) is 16.9. The van der Waals surface area contributed by atoms with Gasteiger partial charge in [-0.1, -0.05) is 282 Å². The molecule has 0 aromatic heterocycles. The van der Waals surface area contributed by atoms with Crippen molar-refractivity contribution in [3.05, 3.63) is 82.9 Å². The SMILES string of the molecule is CCCCCCCCCCCc1cccc2ccc(S(=O)(=O)[O-])c(CCCCCCCCCCC)c12.CCCCCCCCCCCc1cccc2ccc(S(=O)(=O)[O-])c(CCCCCCCCCCC)c12.[Ba+2]. The second-order valence-corrected chi connectivity index (χ2v) is 24.0. The molecule has 0 aliphatic carbocycles. The molecule has 0 saturated heterocycles. The Morgan fingerprint density at radius 2 is 0.534 bits per heavy atom. The normalized spacial score (nSPS) is 11.8. The maximum atomic E-state index is 12.1. The molecule has 4 aromatic carbocycles. The van der Waals surface area contributed by atoms with Gasteiger partial charge < -0.3 is 9.11 Å². The number of unbranched alkanes of at least 4 members (excludes halogenated alkanes) is 32. The zero-order valence-electron chi connectivity index (χ0n) is 47.0. The van der Waals surface area contributed by atoms with E-state index in [2.05, 4.69) is 64.1 Å². The minimum Gasteiger partial charge on any atom is -0.744 e. The Hall–Kier alpha value is -1.21. The molecular formula is C64H102BaO6S2. The molecule has 6 nitrogen and oxygen atoms in total. The molecule has 0 spiro atoms. The van der Waals surface area contributed by atoms with Gasteiger partial charge in [0.1, 0.15) is 20.2 Å². The van der Waals surface area contributed by atoms with E-state index >= 15 is 0 Å². The molecular weight excluding hydrogens is 1070 g/mol. The van der Waals surface area contributed by atoms with Crippen molar-refractivity contribution in [2.45, 2.75) is 294 Å². The van der Waals surface area contributed by atoms with Gasteiger partial charge in [-0.25, -0.2) is 16.8 Å². The van der Waals surface area contributed by atoms with Crippen molar-refractivity contribution in [1.82, 2.24) is 0 Å². The van der Waals surface area contributed by atoms with E-state index in [1.54, 1.807) is 0 Å². The molecule has 0 atom stereocenters. The van der Waals surface area contributed by atoms with E-state index in [0.717, 1.165) is 84.0 Å². The minimum absolute atomic E-state index is 0. The predicted octanol–water partition coefficient (Wildman–Crippen LogP) is 19.4. The summed E-state index contributed by atoms with van der Waals surface area (Å²) in [5.74, 6) is 0. The Labute approximate surface area is 489 Å². The Morgan fingerprint density at radius 3 is 0.781 bits per heavy atom. The van der Waals surface area contributed by atoms with Crippen LogP contribution in [0.15, 0.2) is 70.5 Å². The van der Waals surface area contributed by atoms with Crippen LogP contribution in [0, 0.1) is 0 Å². The Balaban J connectivity index is 0.000000493. The molecule has 408 valence electrons. The van der Waals surface area contributed by atoms with Gasteiger partial charge in [-0.3, -0.25) is 0 Å². The summed E-state index contributed by atoms with van der Waals surface area (Å²) in [7, 11) is -8.99. The van der Waals surface area contributed by atoms with Gasteiger partial charge in [-0.05, 0) is 107 Å². The molecule has 4 aromatic rings. The molecule has 0 unspecified atom stereocenters. The van der Waals surface area contributed by atoms with E-state index < -0.39 is 20.2 Å². The molecule has 0 heterocycles. The van der Waals surface area contributed by atoms with Crippen molar-refractivity contribution in [2.75, 3.05) is 0 Å². The van der Waals surface area contributed by atoms with Crippen LogP contribution in [0.1, 0.15) is 281 Å². The van der Waals surface area contributed by atoms with Crippen molar-refractivity contribution in [2.24, 2.45) is 0 Å². The summed E-state index contributed by atoms with van der Waals surface area (Å²) >= 11 is 0. The van der Waals surface area contributed by atoms with Gasteiger partial charge in [-0.15, -0.1) is 0 Å². The maximum absolute atomic E-state index is 12.1. The van der Waals surface area contributed by atoms with Crippen LogP contribution in [-0.2, 0) is 45.9 Å². The maximum Gasteiger partial charge on any atom is 2.00 e. The molecule has 4 rings (SSSR count). The van der Waals surface area contributed by atoms with Gasteiger partial charge in [-0.2, -0.15) is 0 Å². The van der Waals surface area contributed by atoms with Crippen LogP contribution < -0.4 is 0 Å². The molecule has 0 radical (unpaired) electrons. The molecule has 0 aliphatic heterocycles. The van der Waals surface area contributed by atoms with E-state index in [9.17, 15) is 25.9 Å². The summed E-state index contributed by atoms with van der Waals surface area (Å²) in [6.07, 6.45) is 48.4. The van der Waals surface area contributed by atoms with E-state index in [1.165, 1.54) is 216 Å². The molecule has 0 amide bonds. The van der Waals surface area contributed by atoms with Gasteiger partial charge in [0.2, 0.25) is 0 Å². The summed E-state index contributed by atoms with van der Waals surface area (Å²) in [5.41, 5.74) is 3.92. The summed E-state index contributed by atoms with van der Waals surface area (Å²) in [4.78, 5) is -0.0109. The van der Waals surface area contributed by atoms with Crippen LogP contribution in [0.3, 0.4) is 0 Å². The standard InChI is InChI=1S/2C32H52O3S.Ba/c2*1-3-5-7-9-11-13-15-17-19-22-28-23-21-24-29-26-27-31(36(33,34)35)30(32(28)29)25-20-18-16-14-12-10-8-6-4-2;/h2*21,23-24,26-27H,3-20,22,25H2,1-2H3,(H,33,34,35);/q;;+2/p-2. The number of hydrogen-bond donors (Lipinski definition) is 0. The number of rotatable bonds is 42. The second-order valence-electron chi connectivity index (χ2n) is 21.3. The molecule has 0 aliphatic rings. The van der Waals surface area contributed by atoms with Gasteiger partial charge in [0, 0.05) is 0 Å². The number of fused-ring (bicyclic) bond motifs is 2. The third-order valence-electron chi connectivity index (χ3n) is 15.1. The first kappa shape index (κ1) is 67.9. The third kappa shape index (κ3) is 28.3. The fourth-order valence-electron chi connectivity index (χ4n) is 10.9. The van der Waals surface area contributed by atoms with Crippen LogP contribution in [0.5, 0.6) is 0 Å². The molecule has 73 heavy (non-hydrogen) atoms. The molecule has 9 heteroatoms. The average Bonchev–Trinajstić information content (AvgIpc) is 3.36. The first-order valence-corrected chi connectivity index (χ1v) is 32.8. The topological polar surface area (TPSA) is 114 Å². The summed E-state index contributed by atoms with van der Waals surface area (Å²) in [6.45, 7) is 8.99. The number of benzene rings is 4.